The fourth-order valence-electron chi connectivity index (χ4n) is 2.74. The lowest BCUT2D eigenvalue weighted by Gasteiger charge is -2.26. The lowest BCUT2D eigenvalue weighted by atomic mass is 10.2. The number of ether oxygens (including phenoxy) is 2. The van der Waals surface area contributed by atoms with Crippen LogP contribution in [-0.4, -0.2) is 43.9 Å². The number of nitro groups is 1. The molecule has 0 saturated carbocycles. The Morgan fingerprint density at radius 3 is 2.41 bits per heavy atom. The Bertz CT molecular complexity index is 921. The van der Waals surface area contributed by atoms with Crippen molar-refractivity contribution in [3.8, 4) is 11.5 Å². The SMILES string of the molecule is CCc1ccc(Oc2ccc([N+](=O)[O-])cc2S(=O)(=O)N2CCOCC2)cc1. The number of hydrogen-bond donors (Lipinski definition) is 0. The van der Waals surface area contributed by atoms with Crippen LogP contribution in [0.2, 0.25) is 0 Å². The maximum Gasteiger partial charge on any atom is 0.271 e. The minimum atomic E-state index is -3.96. The topological polar surface area (TPSA) is 99.0 Å². The molecule has 0 bridgehead atoms. The summed E-state index contributed by atoms with van der Waals surface area (Å²) >= 11 is 0. The van der Waals surface area contributed by atoms with E-state index < -0.39 is 14.9 Å². The second kappa shape index (κ2) is 8.03. The maximum atomic E-state index is 13.0. The zero-order valence-electron chi connectivity index (χ0n) is 14.8. The van der Waals surface area contributed by atoms with Crippen molar-refractivity contribution < 1.29 is 22.8 Å². The minimum Gasteiger partial charge on any atom is -0.456 e. The number of nitrogens with zero attached hydrogens (tertiary/aromatic N) is 2. The molecule has 0 N–H and O–H groups in total. The molecule has 2 aromatic carbocycles. The van der Waals surface area contributed by atoms with E-state index in [1.54, 1.807) is 12.1 Å². The molecule has 0 unspecified atom stereocenters. The maximum absolute atomic E-state index is 13.0. The third-order valence-corrected chi connectivity index (χ3v) is 6.21. The summed E-state index contributed by atoms with van der Waals surface area (Å²) in [4.78, 5) is 10.3. The average Bonchev–Trinajstić information content (AvgIpc) is 2.69. The highest BCUT2D eigenvalue weighted by molar-refractivity contribution is 7.89. The fourth-order valence-corrected chi connectivity index (χ4v) is 4.28. The van der Waals surface area contributed by atoms with E-state index in [0.29, 0.717) is 5.75 Å². The molecule has 0 aliphatic carbocycles. The summed E-state index contributed by atoms with van der Waals surface area (Å²) in [5.74, 6) is 0.510. The average molecular weight is 392 g/mol. The van der Waals surface area contributed by atoms with Gasteiger partial charge in [-0.3, -0.25) is 10.1 Å². The van der Waals surface area contributed by atoms with Crippen molar-refractivity contribution in [1.82, 2.24) is 4.31 Å². The minimum absolute atomic E-state index is 0.0522. The molecule has 0 radical (unpaired) electrons. The molecule has 0 amide bonds. The largest absolute Gasteiger partial charge is 0.456 e. The van der Waals surface area contributed by atoms with Gasteiger partial charge in [0.25, 0.3) is 5.69 Å². The van der Waals surface area contributed by atoms with Crippen molar-refractivity contribution >= 4 is 15.7 Å². The lowest BCUT2D eigenvalue weighted by molar-refractivity contribution is -0.385. The van der Waals surface area contributed by atoms with Gasteiger partial charge in [0.15, 0.2) is 0 Å². The first-order valence-electron chi connectivity index (χ1n) is 8.55. The molecule has 1 fully saturated rings. The molecule has 27 heavy (non-hydrogen) atoms. The molecule has 2 aromatic rings. The van der Waals surface area contributed by atoms with Crippen molar-refractivity contribution in [1.29, 1.82) is 0 Å². The molecule has 1 aliphatic heterocycles. The zero-order valence-corrected chi connectivity index (χ0v) is 15.6. The van der Waals surface area contributed by atoms with Gasteiger partial charge >= 0.3 is 0 Å². The second-order valence-electron chi connectivity index (χ2n) is 6.00. The summed E-state index contributed by atoms with van der Waals surface area (Å²) in [6.45, 7) is 2.97. The van der Waals surface area contributed by atoms with Crippen LogP contribution in [0.4, 0.5) is 5.69 Å². The van der Waals surface area contributed by atoms with Gasteiger partial charge in [0.05, 0.1) is 18.1 Å². The van der Waals surface area contributed by atoms with Crippen LogP contribution in [0.5, 0.6) is 11.5 Å². The Morgan fingerprint density at radius 1 is 1.15 bits per heavy atom. The fraction of sp³-hybridized carbons (Fsp3) is 0.333. The zero-order chi connectivity index (χ0) is 19.4. The number of nitro benzene ring substituents is 1. The lowest BCUT2D eigenvalue weighted by Crippen LogP contribution is -2.40. The summed E-state index contributed by atoms with van der Waals surface area (Å²) in [5, 5.41) is 11.1. The molecule has 0 aromatic heterocycles. The third kappa shape index (κ3) is 4.26. The summed E-state index contributed by atoms with van der Waals surface area (Å²) in [6.07, 6.45) is 0.870. The molecule has 0 spiro atoms. The predicted octanol–water partition coefficient (Wildman–Crippen LogP) is 2.97. The molecular formula is C18H20N2O6S. The molecule has 8 nitrogen and oxygen atoms in total. The highest BCUT2D eigenvalue weighted by atomic mass is 32.2. The van der Waals surface area contributed by atoms with Gasteiger partial charge in [0, 0.05) is 25.2 Å². The Balaban J connectivity index is 2.01. The van der Waals surface area contributed by atoms with E-state index in [1.165, 1.54) is 16.4 Å². The number of rotatable bonds is 6. The van der Waals surface area contributed by atoms with Crippen molar-refractivity contribution in [2.75, 3.05) is 26.3 Å². The summed E-state index contributed by atoms with van der Waals surface area (Å²) in [6, 6.07) is 10.8. The predicted molar refractivity (Wildman–Crippen MR) is 98.6 cm³/mol. The van der Waals surface area contributed by atoms with Gasteiger partial charge in [-0.1, -0.05) is 19.1 Å². The van der Waals surface area contributed by atoms with E-state index in [0.717, 1.165) is 18.1 Å². The van der Waals surface area contributed by atoms with Crippen molar-refractivity contribution in [2.24, 2.45) is 0 Å². The van der Waals surface area contributed by atoms with Gasteiger partial charge in [0.1, 0.15) is 16.4 Å². The molecule has 1 aliphatic rings. The van der Waals surface area contributed by atoms with E-state index in [9.17, 15) is 18.5 Å². The van der Waals surface area contributed by atoms with Crippen molar-refractivity contribution in [2.45, 2.75) is 18.2 Å². The first-order chi connectivity index (χ1) is 12.9. The van der Waals surface area contributed by atoms with Crippen LogP contribution in [0.1, 0.15) is 12.5 Å². The normalized spacial score (nSPS) is 15.4. The Labute approximate surface area is 157 Å². The van der Waals surface area contributed by atoms with Crippen LogP contribution in [0.3, 0.4) is 0 Å². The summed E-state index contributed by atoms with van der Waals surface area (Å²) < 4.78 is 38.3. The third-order valence-electron chi connectivity index (χ3n) is 4.29. The monoisotopic (exact) mass is 392 g/mol. The van der Waals surface area contributed by atoms with Crippen LogP contribution in [0, 0.1) is 10.1 Å². The van der Waals surface area contributed by atoms with Gasteiger partial charge < -0.3 is 9.47 Å². The van der Waals surface area contributed by atoms with Gasteiger partial charge in [0.2, 0.25) is 10.0 Å². The van der Waals surface area contributed by atoms with Crippen LogP contribution in [0.25, 0.3) is 0 Å². The number of non-ortho nitro benzene ring substituents is 1. The molecule has 3 rings (SSSR count). The van der Waals surface area contributed by atoms with Gasteiger partial charge in [-0.15, -0.1) is 0 Å². The Kier molecular flexibility index (Phi) is 5.73. The van der Waals surface area contributed by atoms with E-state index in [2.05, 4.69) is 0 Å². The van der Waals surface area contributed by atoms with Gasteiger partial charge in [-0.2, -0.15) is 4.31 Å². The quantitative estimate of drug-likeness (QED) is 0.554. The van der Waals surface area contributed by atoms with E-state index in [4.69, 9.17) is 9.47 Å². The number of benzene rings is 2. The second-order valence-corrected chi connectivity index (χ2v) is 7.91. The smallest absolute Gasteiger partial charge is 0.271 e. The van der Waals surface area contributed by atoms with E-state index in [1.807, 2.05) is 19.1 Å². The molecule has 9 heteroatoms. The molecule has 0 atom stereocenters. The number of hydrogen-bond acceptors (Lipinski definition) is 6. The van der Waals surface area contributed by atoms with Gasteiger partial charge in [-0.05, 0) is 30.2 Å². The highest BCUT2D eigenvalue weighted by Gasteiger charge is 2.31. The number of aryl methyl sites for hydroxylation is 1. The van der Waals surface area contributed by atoms with Crippen LogP contribution in [-0.2, 0) is 21.2 Å². The standard InChI is InChI=1S/C18H20N2O6S/c1-2-14-3-6-16(7-4-14)26-17-8-5-15(20(21)22)13-18(17)27(23,24)19-9-11-25-12-10-19/h3-8,13H,2,9-12H2,1H3. The number of morpholine rings is 1. The summed E-state index contributed by atoms with van der Waals surface area (Å²) in [7, 11) is -3.96. The van der Waals surface area contributed by atoms with Gasteiger partial charge in [-0.25, -0.2) is 8.42 Å². The van der Waals surface area contributed by atoms with Crippen molar-refractivity contribution in [3.05, 3.63) is 58.1 Å². The van der Waals surface area contributed by atoms with Crippen LogP contribution in [0.15, 0.2) is 47.4 Å². The molecule has 1 saturated heterocycles. The highest BCUT2D eigenvalue weighted by Crippen LogP contribution is 2.34. The van der Waals surface area contributed by atoms with Crippen LogP contribution < -0.4 is 4.74 Å². The molecular weight excluding hydrogens is 372 g/mol. The van der Waals surface area contributed by atoms with Crippen LogP contribution >= 0.6 is 0 Å². The first-order valence-corrected chi connectivity index (χ1v) is 9.99. The Hall–Kier alpha value is -2.49. The Morgan fingerprint density at radius 2 is 1.81 bits per heavy atom. The summed E-state index contributed by atoms with van der Waals surface area (Å²) in [5.41, 5.74) is 0.808. The van der Waals surface area contributed by atoms with E-state index in [-0.39, 0.29) is 42.6 Å². The first kappa shape index (κ1) is 19.3. The number of sulfonamides is 1. The molecule has 1 heterocycles. The van der Waals surface area contributed by atoms with Crippen molar-refractivity contribution in [3.63, 3.8) is 0 Å². The van der Waals surface area contributed by atoms with E-state index >= 15 is 0 Å². The molecule has 144 valence electrons.